The van der Waals surface area contributed by atoms with E-state index in [9.17, 15) is 4.79 Å². The highest BCUT2D eigenvalue weighted by Crippen LogP contribution is 2.20. The number of carbonyl (C=O) groups is 1. The van der Waals surface area contributed by atoms with Gasteiger partial charge in [-0.15, -0.1) is 0 Å². The Hall–Kier alpha value is -1.35. The smallest absolute Gasteiger partial charge is 0.139 e. The highest BCUT2D eigenvalue weighted by molar-refractivity contribution is 5.81. The Kier molecular flexibility index (Phi) is 5.70. The molecule has 0 N–H and O–H groups in total. The third-order valence-electron chi connectivity index (χ3n) is 2.55. The summed E-state index contributed by atoms with van der Waals surface area (Å²) in [5, 5.41) is 0. The summed E-state index contributed by atoms with van der Waals surface area (Å²) in [5.41, 5.74) is 2.09. The Morgan fingerprint density at radius 1 is 1.35 bits per heavy atom. The molecule has 0 aliphatic rings. The largest absolute Gasteiger partial charge is 0.496 e. The molecule has 0 heterocycles. The molecule has 0 bridgehead atoms. The van der Waals surface area contributed by atoms with Gasteiger partial charge < -0.3 is 9.47 Å². The van der Waals surface area contributed by atoms with Crippen molar-refractivity contribution in [2.45, 2.75) is 26.7 Å². The van der Waals surface area contributed by atoms with Gasteiger partial charge in [-0.3, -0.25) is 4.79 Å². The van der Waals surface area contributed by atoms with E-state index in [1.807, 2.05) is 32.0 Å². The van der Waals surface area contributed by atoms with Crippen LogP contribution in [-0.4, -0.2) is 26.1 Å². The van der Waals surface area contributed by atoms with E-state index >= 15 is 0 Å². The van der Waals surface area contributed by atoms with Crippen molar-refractivity contribution in [2.24, 2.45) is 0 Å². The lowest BCUT2D eigenvalue weighted by atomic mass is 10.0. The molecule has 3 nitrogen and oxygen atoms in total. The van der Waals surface area contributed by atoms with Crippen molar-refractivity contribution in [2.75, 3.05) is 20.3 Å². The van der Waals surface area contributed by atoms with Gasteiger partial charge in [-0.2, -0.15) is 0 Å². The molecule has 17 heavy (non-hydrogen) atoms. The minimum absolute atomic E-state index is 0.183. The normalized spacial score (nSPS) is 10.3. The number of aryl methyl sites for hydroxylation is 1. The number of hydrogen-bond donors (Lipinski definition) is 0. The van der Waals surface area contributed by atoms with Gasteiger partial charge in [0.1, 0.15) is 11.5 Å². The number of ketones is 1. The molecule has 1 rings (SSSR count). The molecule has 0 spiro atoms. The lowest BCUT2D eigenvalue weighted by Crippen LogP contribution is -2.08. The summed E-state index contributed by atoms with van der Waals surface area (Å²) in [6.07, 6.45) is 0.878. The molecule has 0 atom stereocenters. The predicted molar refractivity (Wildman–Crippen MR) is 67.6 cm³/mol. The van der Waals surface area contributed by atoms with Gasteiger partial charge in [0.25, 0.3) is 0 Å². The van der Waals surface area contributed by atoms with E-state index in [0.29, 0.717) is 26.1 Å². The summed E-state index contributed by atoms with van der Waals surface area (Å²) < 4.78 is 10.4. The number of ether oxygens (including phenoxy) is 2. The Balaban J connectivity index is 2.60. The first-order chi connectivity index (χ1) is 8.17. The monoisotopic (exact) mass is 236 g/mol. The Morgan fingerprint density at radius 3 is 2.76 bits per heavy atom. The van der Waals surface area contributed by atoms with Gasteiger partial charge in [-0.05, 0) is 19.9 Å². The second-order valence-electron chi connectivity index (χ2n) is 3.98. The summed E-state index contributed by atoms with van der Waals surface area (Å²) in [6, 6.07) is 5.88. The maximum Gasteiger partial charge on any atom is 0.139 e. The fraction of sp³-hybridized carbons (Fsp3) is 0.500. The van der Waals surface area contributed by atoms with Crippen molar-refractivity contribution in [1.29, 1.82) is 0 Å². The highest BCUT2D eigenvalue weighted by atomic mass is 16.5. The molecule has 0 amide bonds. The quantitative estimate of drug-likeness (QED) is 0.682. The zero-order chi connectivity index (χ0) is 12.7. The average Bonchev–Trinajstić information content (AvgIpc) is 2.29. The maximum atomic E-state index is 11.7. The second kappa shape index (κ2) is 7.07. The minimum Gasteiger partial charge on any atom is -0.496 e. The van der Waals surface area contributed by atoms with Crippen molar-refractivity contribution < 1.29 is 14.3 Å². The molecule has 0 saturated heterocycles. The van der Waals surface area contributed by atoms with Crippen LogP contribution in [0.2, 0.25) is 0 Å². The summed E-state index contributed by atoms with van der Waals surface area (Å²) in [7, 11) is 1.62. The summed E-state index contributed by atoms with van der Waals surface area (Å²) in [4.78, 5) is 11.7. The molecule has 0 saturated carbocycles. The van der Waals surface area contributed by atoms with Crippen LogP contribution in [0.1, 0.15) is 24.5 Å². The fourth-order valence-electron chi connectivity index (χ4n) is 1.68. The molecule has 0 aliphatic heterocycles. The molecule has 94 valence electrons. The highest BCUT2D eigenvalue weighted by Gasteiger charge is 2.08. The molecule has 0 aliphatic carbocycles. The standard InChI is InChI=1S/C14H20O3/c1-4-17-8-7-13(15)10-12-9-11(2)5-6-14(12)16-3/h5-6,9H,4,7-8,10H2,1-3H3. The zero-order valence-electron chi connectivity index (χ0n) is 10.8. The lowest BCUT2D eigenvalue weighted by Gasteiger charge is -2.09. The lowest BCUT2D eigenvalue weighted by molar-refractivity contribution is -0.119. The van der Waals surface area contributed by atoms with Crippen LogP contribution in [0.3, 0.4) is 0 Å². The number of Topliss-reactive ketones (excluding diaryl/α,β-unsaturated/α-hetero) is 1. The summed E-state index contributed by atoms with van der Waals surface area (Å²) >= 11 is 0. The number of hydrogen-bond acceptors (Lipinski definition) is 3. The van der Waals surface area contributed by atoms with Crippen LogP contribution < -0.4 is 4.74 Å². The van der Waals surface area contributed by atoms with E-state index in [1.54, 1.807) is 7.11 Å². The number of benzene rings is 1. The van der Waals surface area contributed by atoms with E-state index in [1.165, 1.54) is 0 Å². The summed E-state index contributed by atoms with van der Waals surface area (Å²) in [5.74, 6) is 0.961. The van der Waals surface area contributed by atoms with E-state index in [2.05, 4.69) is 0 Å². The van der Waals surface area contributed by atoms with Crippen LogP contribution in [0.25, 0.3) is 0 Å². The maximum absolute atomic E-state index is 11.7. The van der Waals surface area contributed by atoms with Crippen molar-refractivity contribution >= 4 is 5.78 Å². The van der Waals surface area contributed by atoms with Gasteiger partial charge in [0.15, 0.2) is 0 Å². The zero-order valence-corrected chi connectivity index (χ0v) is 10.8. The van der Waals surface area contributed by atoms with Gasteiger partial charge in [-0.25, -0.2) is 0 Å². The minimum atomic E-state index is 0.183. The van der Waals surface area contributed by atoms with Crippen molar-refractivity contribution in [3.8, 4) is 5.75 Å². The average molecular weight is 236 g/mol. The molecule has 0 aromatic heterocycles. The number of rotatable bonds is 7. The van der Waals surface area contributed by atoms with E-state index < -0.39 is 0 Å². The third-order valence-corrected chi connectivity index (χ3v) is 2.55. The molecule has 0 fully saturated rings. The third kappa shape index (κ3) is 4.57. The molecule has 3 heteroatoms. The van der Waals surface area contributed by atoms with Crippen LogP contribution in [-0.2, 0) is 16.0 Å². The Labute approximate surface area is 103 Å². The van der Waals surface area contributed by atoms with E-state index in [-0.39, 0.29) is 5.78 Å². The van der Waals surface area contributed by atoms with Gasteiger partial charge in [0.2, 0.25) is 0 Å². The Morgan fingerprint density at radius 2 is 2.12 bits per heavy atom. The van der Waals surface area contributed by atoms with Gasteiger partial charge in [0.05, 0.1) is 13.7 Å². The first-order valence-electron chi connectivity index (χ1n) is 5.90. The predicted octanol–water partition coefficient (Wildman–Crippen LogP) is 2.54. The van der Waals surface area contributed by atoms with Gasteiger partial charge in [0, 0.05) is 25.0 Å². The van der Waals surface area contributed by atoms with Crippen molar-refractivity contribution in [1.82, 2.24) is 0 Å². The topological polar surface area (TPSA) is 35.5 Å². The molecule has 1 aromatic rings. The summed E-state index contributed by atoms with van der Waals surface area (Å²) in [6.45, 7) is 5.09. The van der Waals surface area contributed by atoms with Gasteiger partial charge >= 0.3 is 0 Å². The van der Waals surface area contributed by atoms with Crippen LogP contribution in [0.4, 0.5) is 0 Å². The van der Waals surface area contributed by atoms with Crippen LogP contribution in [0.15, 0.2) is 18.2 Å². The Bertz CT molecular complexity index is 372. The molecule has 0 unspecified atom stereocenters. The van der Waals surface area contributed by atoms with E-state index in [0.717, 1.165) is 16.9 Å². The molecular formula is C14H20O3. The van der Waals surface area contributed by atoms with Crippen LogP contribution >= 0.6 is 0 Å². The molecule has 0 radical (unpaired) electrons. The number of methoxy groups -OCH3 is 1. The van der Waals surface area contributed by atoms with Crippen molar-refractivity contribution in [3.63, 3.8) is 0 Å². The molecule has 1 aromatic carbocycles. The fourth-order valence-corrected chi connectivity index (χ4v) is 1.68. The van der Waals surface area contributed by atoms with E-state index in [4.69, 9.17) is 9.47 Å². The first kappa shape index (κ1) is 13.7. The van der Waals surface area contributed by atoms with Crippen molar-refractivity contribution in [3.05, 3.63) is 29.3 Å². The van der Waals surface area contributed by atoms with Crippen LogP contribution in [0.5, 0.6) is 5.75 Å². The van der Waals surface area contributed by atoms with Crippen LogP contribution in [0, 0.1) is 6.92 Å². The first-order valence-corrected chi connectivity index (χ1v) is 5.90. The number of carbonyl (C=O) groups excluding carboxylic acids is 1. The SMILES string of the molecule is CCOCCC(=O)Cc1cc(C)ccc1OC. The molecular weight excluding hydrogens is 216 g/mol. The second-order valence-corrected chi connectivity index (χ2v) is 3.98. The van der Waals surface area contributed by atoms with Gasteiger partial charge in [-0.1, -0.05) is 17.7 Å².